The van der Waals surface area contributed by atoms with Crippen LogP contribution in [0.3, 0.4) is 0 Å². The molecular weight excluding hydrogens is 316 g/mol. The Bertz CT molecular complexity index is 832. The third kappa shape index (κ3) is 3.87. The van der Waals surface area contributed by atoms with Crippen molar-refractivity contribution in [3.05, 3.63) is 47.8 Å². The van der Waals surface area contributed by atoms with Gasteiger partial charge in [0, 0.05) is 12.1 Å². The van der Waals surface area contributed by atoms with E-state index in [1.807, 2.05) is 0 Å². The maximum atomic E-state index is 12.6. The summed E-state index contributed by atoms with van der Waals surface area (Å²) in [5.74, 6) is 0.248. The molecule has 1 aromatic heterocycles. The van der Waals surface area contributed by atoms with Crippen molar-refractivity contribution >= 4 is 21.8 Å². The second-order valence-corrected chi connectivity index (χ2v) is 7.25. The maximum absolute atomic E-state index is 12.6. The van der Waals surface area contributed by atoms with Crippen LogP contribution >= 0.6 is 0 Å². The smallest absolute Gasteiger partial charge is 0.184 e. The average Bonchev–Trinajstić information content (AvgIpc) is 2.53. The van der Waals surface area contributed by atoms with Gasteiger partial charge < -0.3 is 10.5 Å². The van der Waals surface area contributed by atoms with Crippen LogP contribution < -0.4 is 15.0 Å². The number of aromatic nitrogens is 1. The van der Waals surface area contributed by atoms with Crippen LogP contribution in [-0.2, 0) is 16.4 Å². The number of aldehydes is 1. The number of nitrogen functional groups attached to an aromatic ring is 1. The molecule has 0 radical (unpaired) electrons. The zero-order chi connectivity index (χ0) is 17.0. The van der Waals surface area contributed by atoms with E-state index in [2.05, 4.69) is 0 Å². The standard InChI is InChI=1S/C16H19N2O4S/c1-12-8-14(17)15(22-2)9-16(12)23(20,21)7-6-18-5-3-4-13(10-18)11-19/h3-5,8-11H,6-7,17H2,1-2H3/q+1. The van der Waals surface area contributed by atoms with Gasteiger partial charge in [0.15, 0.2) is 35.1 Å². The molecule has 6 nitrogen and oxygen atoms in total. The predicted molar refractivity (Wildman–Crippen MR) is 86.2 cm³/mol. The van der Waals surface area contributed by atoms with Crippen molar-refractivity contribution in [2.75, 3.05) is 18.6 Å². The van der Waals surface area contributed by atoms with E-state index in [4.69, 9.17) is 10.5 Å². The molecule has 0 unspecified atom stereocenters. The monoisotopic (exact) mass is 335 g/mol. The number of anilines is 1. The fourth-order valence-corrected chi connectivity index (χ4v) is 3.80. The topological polar surface area (TPSA) is 90.3 Å². The van der Waals surface area contributed by atoms with Crippen LogP contribution in [0.1, 0.15) is 15.9 Å². The van der Waals surface area contributed by atoms with E-state index < -0.39 is 9.84 Å². The van der Waals surface area contributed by atoms with Gasteiger partial charge in [0.2, 0.25) is 0 Å². The van der Waals surface area contributed by atoms with Crippen molar-refractivity contribution in [1.82, 2.24) is 0 Å². The average molecular weight is 335 g/mol. The second kappa shape index (κ2) is 6.78. The predicted octanol–water partition coefficient (Wildman–Crippen LogP) is 1.16. The lowest BCUT2D eigenvalue weighted by atomic mass is 10.2. The molecule has 0 bridgehead atoms. The second-order valence-electron chi connectivity index (χ2n) is 5.17. The summed E-state index contributed by atoms with van der Waals surface area (Å²) in [5, 5.41) is 0. The van der Waals surface area contributed by atoms with Crippen LogP contribution in [0.5, 0.6) is 5.75 Å². The molecule has 2 N–H and O–H groups in total. The number of nitrogens with zero attached hydrogens (tertiary/aromatic N) is 1. The summed E-state index contributed by atoms with van der Waals surface area (Å²) in [6, 6.07) is 6.40. The first-order valence-electron chi connectivity index (χ1n) is 6.98. The van der Waals surface area contributed by atoms with Gasteiger partial charge in [-0.2, -0.15) is 0 Å². The first-order valence-corrected chi connectivity index (χ1v) is 8.64. The summed E-state index contributed by atoms with van der Waals surface area (Å²) >= 11 is 0. The van der Waals surface area contributed by atoms with Gasteiger partial charge in [0.1, 0.15) is 11.5 Å². The summed E-state index contributed by atoms with van der Waals surface area (Å²) in [6.07, 6.45) is 4.05. The SMILES string of the molecule is COc1cc(S(=O)(=O)CC[n+]2cccc(C=O)c2)c(C)cc1N. The van der Waals surface area contributed by atoms with Gasteiger partial charge in [-0.25, -0.2) is 13.0 Å². The molecule has 0 amide bonds. The fraction of sp³-hybridized carbons (Fsp3) is 0.250. The van der Waals surface area contributed by atoms with Crippen molar-refractivity contribution in [2.45, 2.75) is 18.4 Å². The zero-order valence-corrected chi connectivity index (χ0v) is 13.8. The lowest BCUT2D eigenvalue weighted by Crippen LogP contribution is -2.37. The molecule has 2 aromatic rings. The first-order chi connectivity index (χ1) is 10.9. The van der Waals surface area contributed by atoms with Gasteiger partial charge in [-0.3, -0.25) is 4.79 Å². The number of carbonyl (C=O) groups excluding carboxylic acids is 1. The highest BCUT2D eigenvalue weighted by Gasteiger charge is 2.21. The molecule has 0 saturated carbocycles. The van der Waals surface area contributed by atoms with Gasteiger partial charge in [0.25, 0.3) is 0 Å². The normalized spacial score (nSPS) is 11.2. The molecule has 1 heterocycles. The number of hydrogen-bond donors (Lipinski definition) is 1. The van der Waals surface area contributed by atoms with E-state index >= 15 is 0 Å². The third-order valence-electron chi connectivity index (χ3n) is 3.50. The van der Waals surface area contributed by atoms with E-state index in [1.165, 1.54) is 13.2 Å². The van der Waals surface area contributed by atoms with E-state index in [1.54, 1.807) is 42.1 Å². The van der Waals surface area contributed by atoms with Crippen LogP contribution in [0.2, 0.25) is 0 Å². The van der Waals surface area contributed by atoms with Crippen LogP contribution in [0.4, 0.5) is 5.69 Å². The maximum Gasteiger partial charge on any atom is 0.184 e. The number of rotatable bonds is 6. The van der Waals surface area contributed by atoms with Crippen molar-refractivity contribution in [3.8, 4) is 5.75 Å². The molecule has 2 rings (SSSR count). The lowest BCUT2D eigenvalue weighted by Gasteiger charge is -2.11. The number of nitrogens with two attached hydrogens (primary N) is 1. The van der Waals surface area contributed by atoms with Gasteiger partial charge in [0.05, 0.1) is 23.3 Å². The Morgan fingerprint density at radius 2 is 2.09 bits per heavy atom. The number of hydrogen-bond acceptors (Lipinski definition) is 5. The van der Waals surface area contributed by atoms with E-state index in [9.17, 15) is 13.2 Å². The van der Waals surface area contributed by atoms with Gasteiger partial charge in [-0.1, -0.05) is 0 Å². The Labute approximate surface area is 135 Å². The molecule has 1 aromatic carbocycles. The van der Waals surface area contributed by atoms with Crippen LogP contribution in [0.15, 0.2) is 41.6 Å². The molecule has 0 spiro atoms. The quantitative estimate of drug-likeness (QED) is 0.486. The molecular formula is C16H19N2O4S+. The molecule has 0 fully saturated rings. The van der Waals surface area contributed by atoms with Gasteiger partial charge in [-0.15, -0.1) is 0 Å². The highest BCUT2D eigenvalue weighted by molar-refractivity contribution is 7.91. The van der Waals surface area contributed by atoms with E-state index in [0.717, 1.165) is 6.29 Å². The minimum atomic E-state index is -3.50. The zero-order valence-electron chi connectivity index (χ0n) is 13.0. The highest BCUT2D eigenvalue weighted by atomic mass is 32.2. The molecule has 0 aliphatic rings. The Morgan fingerprint density at radius 3 is 2.74 bits per heavy atom. The van der Waals surface area contributed by atoms with Crippen LogP contribution in [-0.4, -0.2) is 27.6 Å². The summed E-state index contributed by atoms with van der Waals surface area (Å²) in [6.45, 7) is 1.94. The number of carbonyl (C=O) groups is 1. The van der Waals surface area contributed by atoms with Crippen molar-refractivity contribution in [3.63, 3.8) is 0 Å². The number of sulfone groups is 1. The largest absolute Gasteiger partial charge is 0.495 e. The minimum absolute atomic E-state index is 0.0894. The van der Waals surface area contributed by atoms with E-state index in [-0.39, 0.29) is 17.2 Å². The van der Waals surface area contributed by atoms with Crippen LogP contribution in [0, 0.1) is 6.92 Å². The summed E-state index contributed by atoms with van der Waals surface area (Å²) in [4.78, 5) is 11.0. The van der Waals surface area contributed by atoms with E-state index in [0.29, 0.717) is 22.6 Å². The molecule has 0 aliphatic carbocycles. The Morgan fingerprint density at radius 1 is 1.35 bits per heavy atom. The highest BCUT2D eigenvalue weighted by Crippen LogP contribution is 2.28. The summed E-state index contributed by atoms with van der Waals surface area (Å²) in [7, 11) is -2.06. The minimum Gasteiger partial charge on any atom is -0.495 e. The Balaban J connectivity index is 2.26. The van der Waals surface area contributed by atoms with Gasteiger partial charge in [-0.05, 0) is 24.6 Å². The third-order valence-corrected chi connectivity index (χ3v) is 5.33. The molecule has 122 valence electrons. The van der Waals surface area contributed by atoms with Crippen LogP contribution in [0.25, 0.3) is 0 Å². The Kier molecular flexibility index (Phi) is 5.00. The molecule has 7 heteroatoms. The lowest BCUT2D eigenvalue weighted by molar-refractivity contribution is -0.692. The summed E-state index contributed by atoms with van der Waals surface area (Å²) in [5.41, 5.74) is 7.26. The number of ether oxygens (including phenoxy) is 1. The molecule has 0 aliphatic heterocycles. The van der Waals surface area contributed by atoms with Gasteiger partial charge >= 0.3 is 0 Å². The summed E-state index contributed by atoms with van der Waals surface area (Å²) < 4.78 is 31.9. The number of pyridine rings is 1. The van der Waals surface area contributed by atoms with Crippen molar-refractivity contribution in [1.29, 1.82) is 0 Å². The number of methoxy groups -OCH3 is 1. The fourth-order valence-electron chi connectivity index (χ4n) is 2.29. The molecule has 23 heavy (non-hydrogen) atoms. The Hall–Kier alpha value is -2.41. The molecule has 0 atom stereocenters. The number of aryl methyl sites for hydroxylation is 2. The number of benzene rings is 1. The molecule has 0 saturated heterocycles. The van der Waals surface area contributed by atoms with Crippen molar-refractivity contribution < 1.29 is 22.5 Å². The first kappa shape index (κ1) is 17.0. The van der Waals surface area contributed by atoms with Crippen molar-refractivity contribution in [2.24, 2.45) is 0 Å².